The Labute approximate surface area is 193 Å². The molecule has 2 unspecified atom stereocenters. The molecule has 1 amide bonds. The molecule has 1 saturated heterocycles. The summed E-state index contributed by atoms with van der Waals surface area (Å²) < 4.78 is 55.0. The van der Waals surface area contributed by atoms with Crippen LogP contribution in [0.25, 0.3) is 0 Å². The van der Waals surface area contributed by atoms with Crippen LogP contribution in [0.15, 0.2) is 42.5 Å². The van der Waals surface area contributed by atoms with Gasteiger partial charge < -0.3 is 19.1 Å². The van der Waals surface area contributed by atoms with E-state index in [9.17, 15) is 22.8 Å². The molecule has 0 N–H and O–H groups in total. The van der Waals surface area contributed by atoms with E-state index in [4.69, 9.17) is 14.2 Å². The van der Waals surface area contributed by atoms with Crippen molar-refractivity contribution in [2.24, 2.45) is 5.92 Å². The Balaban J connectivity index is 1.65. The molecule has 0 aliphatic carbocycles. The monoisotopic (exact) mass is 481 g/mol. The second kappa shape index (κ2) is 9.17. The fourth-order valence-electron chi connectivity index (χ4n) is 3.55. The molecule has 33 heavy (non-hydrogen) atoms. The SMILES string of the molecule is CC(C)COC(=O)C1CSC(c2ccc(C(F)(F)F)cc2)N1C(=O)c1ccc2c(c1)OCO2. The van der Waals surface area contributed by atoms with Gasteiger partial charge in [0.15, 0.2) is 11.5 Å². The lowest BCUT2D eigenvalue weighted by molar-refractivity contribution is -0.149. The summed E-state index contributed by atoms with van der Waals surface area (Å²) in [4.78, 5) is 27.7. The number of benzene rings is 2. The highest BCUT2D eigenvalue weighted by atomic mass is 32.2. The highest BCUT2D eigenvalue weighted by Gasteiger charge is 2.44. The van der Waals surface area contributed by atoms with E-state index in [0.29, 0.717) is 17.1 Å². The Hall–Kier alpha value is -2.88. The Morgan fingerprint density at radius 3 is 2.48 bits per heavy atom. The minimum Gasteiger partial charge on any atom is -0.464 e. The van der Waals surface area contributed by atoms with Crippen LogP contribution in [0.3, 0.4) is 0 Å². The number of halogens is 3. The van der Waals surface area contributed by atoms with Crippen LogP contribution in [0.4, 0.5) is 13.2 Å². The maximum absolute atomic E-state index is 13.5. The van der Waals surface area contributed by atoms with Gasteiger partial charge in [-0.25, -0.2) is 4.79 Å². The van der Waals surface area contributed by atoms with E-state index in [1.165, 1.54) is 34.9 Å². The predicted molar refractivity (Wildman–Crippen MR) is 115 cm³/mol. The van der Waals surface area contributed by atoms with Crippen molar-refractivity contribution >= 4 is 23.6 Å². The van der Waals surface area contributed by atoms with Crippen LogP contribution in [0.1, 0.15) is 40.7 Å². The van der Waals surface area contributed by atoms with Crippen molar-refractivity contribution in [3.05, 3.63) is 59.2 Å². The molecule has 2 aromatic carbocycles. The Bertz CT molecular complexity index is 1040. The van der Waals surface area contributed by atoms with Crippen molar-refractivity contribution in [1.82, 2.24) is 4.90 Å². The molecule has 2 aliphatic heterocycles. The zero-order valence-corrected chi connectivity index (χ0v) is 18.7. The van der Waals surface area contributed by atoms with Crippen molar-refractivity contribution in [2.45, 2.75) is 31.4 Å². The molecule has 176 valence electrons. The average molecular weight is 481 g/mol. The molecular formula is C23H22F3NO5S. The van der Waals surface area contributed by atoms with Crippen LogP contribution in [0.2, 0.25) is 0 Å². The van der Waals surface area contributed by atoms with Crippen molar-refractivity contribution in [1.29, 1.82) is 0 Å². The summed E-state index contributed by atoms with van der Waals surface area (Å²) in [6, 6.07) is 8.46. The molecule has 2 atom stereocenters. The van der Waals surface area contributed by atoms with Gasteiger partial charge in [-0.05, 0) is 41.8 Å². The van der Waals surface area contributed by atoms with Crippen LogP contribution >= 0.6 is 11.8 Å². The van der Waals surface area contributed by atoms with Gasteiger partial charge in [-0.2, -0.15) is 13.2 Å². The molecule has 2 heterocycles. The van der Waals surface area contributed by atoms with Gasteiger partial charge in [-0.15, -0.1) is 11.8 Å². The van der Waals surface area contributed by atoms with Gasteiger partial charge in [-0.3, -0.25) is 4.79 Å². The quantitative estimate of drug-likeness (QED) is 0.567. The molecule has 0 saturated carbocycles. The van der Waals surface area contributed by atoms with E-state index >= 15 is 0 Å². The number of carbonyl (C=O) groups is 2. The lowest BCUT2D eigenvalue weighted by Gasteiger charge is -2.29. The maximum Gasteiger partial charge on any atom is 0.416 e. The van der Waals surface area contributed by atoms with Crippen LogP contribution < -0.4 is 9.47 Å². The van der Waals surface area contributed by atoms with E-state index < -0.39 is 35.0 Å². The molecule has 0 radical (unpaired) electrons. The maximum atomic E-state index is 13.5. The first-order valence-electron chi connectivity index (χ1n) is 10.3. The molecule has 0 bridgehead atoms. The third-order valence-corrected chi connectivity index (χ3v) is 6.53. The third-order valence-electron chi connectivity index (χ3n) is 5.21. The van der Waals surface area contributed by atoms with Gasteiger partial charge in [0.05, 0.1) is 12.2 Å². The molecule has 2 aromatic rings. The summed E-state index contributed by atoms with van der Waals surface area (Å²) in [6.45, 7) is 4.05. The average Bonchev–Trinajstić information content (AvgIpc) is 3.43. The second-order valence-corrected chi connectivity index (χ2v) is 9.24. The standard InChI is InChI=1S/C23H22F3NO5S/c1-13(2)10-30-22(29)17-11-33-21(14-3-6-16(7-4-14)23(24,25)26)27(17)20(28)15-5-8-18-19(9-15)32-12-31-18/h3-9,13,17,21H,10-12H2,1-2H3. The molecule has 10 heteroatoms. The predicted octanol–water partition coefficient (Wildman–Crippen LogP) is 4.89. The van der Waals surface area contributed by atoms with E-state index in [2.05, 4.69) is 0 Å². The normalized spacial score (nSPS) is 19.8. The second-order valence-electron chi connectivity index (χ2n) is 8.13. The molecule has 1 fully saturated rings. The molecular weight excluding hydrogens is 459 g/mol. The first-order valence-corrected chi connectivity index (χ1v) is 11.4. The Kier molecular flexibility index (Phi) is 6.47. The minimum absolute atomic E-state index is 0.0465. The number of nitrogens with zero attached hydrogens (tertiary/aromatic N) is 1. The lowest BCUT2D eigenvalue weighted by Crippen LogP contribution is -2.44. The first kappa shape index (κ1) is 23.3. The van der Waals surface area contributed by atoms with E-state index in [1.807, 2.05) is 13.8 Å². The van der Waals surface area contributed by atoms with Crippen molar-refractivity contribution in [3.63, 3.8) is 0 Å². The van der Waals surface area contributed by atoms with Crippen molar-refractivity contribution < 1.29 is 37.0 Å². The zero-order chi connectivity index (χ0) is 23.8. The number of amides is 1. The summed E-state index contributed by atoms with van der Waals surface area (Å²) >= 11 is 1.30. The fraction of sp³-hybridized carbons (Fsp3) is 0.391. The number of hydrogen-bond donors (Lipinski definition) is 0. The summed E-state index contributed by atoms with van der Waals surface area (Å²) in [5.41, 5.74) is -0.0163. The molecule has 2 aliphatic rings. The van der Waals surface area contributed by atoms with Gasteiger partial charge in [0.25, 0.3) is 5.91 Å². The number of hydrogen-bond acceptors (Lipinski definition) is 6. The number of thioether (sulfide) groups is 1. The number of rotatable bonds is 5. The largest absolute Gasteiger partial charge is 0.464 e. The smallest absolute Gasteiger partial charge is 0.416 e. The van der Waals surface area contributed by atoms with Gasteiger partial charge in [0.2, 0.25) is 6.79 Å². The van der Waals surface area contributed by atoms with Crippen molar-refractivity contribution in [2.75, 3.05) is 19.2 Å². The van der Waals surface area contributed by atoms with Crippen molar-refractivity contribution in [3.8, 4) is 11.5 Å². The summed E-state index contributed by atoms with van der Waals surface area (Å²) in [7, 11) is 0. The zero-order valence-electron chi connectivity index (χ0n) is 17.9. The molecule has 0 spiro atoms. The van der Waals surface area contributed by atoms with Crippen LogP contribution in [-0.4, -0.2) is 42.0 Å². The number of ether oxygens (including phenoxy) is 3. The number of carbonyl (C=O) groups excluding carboxylic acids is 2. The third kappa shape index (κ3) is 4.90. The Morgan fingerprint density at radius 1 is 1.12 bits per heavy atom. The fourth-order valence-corrected chi connectivity index (χ4v) is 4.97. The minimum atomic E-state index is -4.47. The van der Waals surface area contributed by atoms with E-state index in [-0.39, 0.29) is 30.6 Å². The number of fused-ring (bicyclic) bond motifs is 1. The number of esters is 1. The molecule has 6 nitrogen and oxygen atoms in total. The van der Waals surface area contributed by atoms with Crippen LogP contribution in [-0.2, 0) is 15.7 Å². The highest BCUT2D eigenvalue weighted by Crippen LogP contribution is 2.44. The Morgan fingerprint density at radius 2 is 1.82 bits per heavy atom. The topological polar surface area (TPSA) is 65.1 Å². The van der Waals surface area contributed by atoms with Gasteiger partial charge in [-0.1, -0.05) is 26.0 Å². The van der Waals surface area contributed by atoms with Gasteiger partial charge >= 0.3 is 12.1 Å². The summed E-state index contributed by atoms with van der Waals surface area (Å²) in [5.74, 6) is 0.312. The van der Waals surface area contributed by atoms with Crippen LogP contribution in [0, 0.1) is 5.92 Å². The molecule has 0 aromatic heterocycles. The van der Waals surface area contributed by atoms with Gasteiger partial charge in [0.1, 0.15) is 11.4 Å². The molecule has 4 rings (SSSR count). The first-order chi connectivity index (χ1) is 15.6. The van der Waals surface area contributed by atoms with E-state index in [0.717, 1.165) is 12.1 Å². The lowest BCUT2D eigenvalue weighted by atomic mass is 10.1. The van der Waals surface area contributed by atoms with Crippen LogP contribution in [0.5, 0.6) is 11.5 Å². The van der Waals surface area contributed by atoms with E-state index in [1.54, 1.807) is 12.1 Å². The highest BCUT2D eigenvalue weighted by molar-refractivity contribution is 7.99. The van der Waals surface area contributed by atoms with Gasteiger partial charge in [0, 0.05) is 11.3 Å². The number of alkyl halides is 3. The summed E-state index contributed by atoms with van der Waals surface area (Å²) in [6.07, 6.45) is -4.47. The summed E-state index contributed by atoms with van der Waals surface area (Å²) in [5, 5.41) is -0.651.